The number of nitrogens with zero attached hydrogens (tertiary/aromatic N) is 3. The predicted molar refractivity (Wildman–Crippen MR) is 123 cm³/mol. The molecule has 1 amide bonds. The lowest BCUT2D eigenvalue weighted by atomic mass is 10.1. The minimum Gasteiger partial charge on any atom is -0.497 e. The smallest absolute Gasteiger partial charge is 0.234 e. The number of rotatable bonds is 11. The summed E-state index contributed by atoms with van der Waals surface area (Å²) in [5.41, 5.74) is 1.82. The molecule has 162 valence electrons. The second kappa shape index (κ2) is 11.2. The third kappa shape index (κ3) is 6.36. The lowest BCUT2D eigenvalue weighted by Crippen LogP contribution is -2.14. The Balaban J connectivity index is 1.61. The van der Waals surface area contributed by atoms with Crippen molar-refractivity contribution < 1.29 is 14.3 Å². The molecule has 0 bridgehead atoms. The van der Waals surface area contributed by atoms with E-state index in [1.165, 1.54) is 11.8 Å². The van der Waals surface area contributed by atoms with Gasteiger partial charge in [0.1, 0.15) is 17.3 Å². The molecule has 0 spiro atoms. The number of allylic oxidation sites excluding steroid dienone is 1. The van der Waals surface area contributed by atoms with Gasteiger partial charge < -0.3 is 19.4 Å². The number of benzene rings is 2. The van der Waals surface area contributed by atoms with Gasteiger partial charge in [-0.3, -0.25) is 4.79 Å². The summed E-state index contributed by atoms with van der Waals surface area (Å²) in [6.07, 6.45) is 2.43. The second-order valence-corrected chi connectivity index (χ2v) is 7.56. The average Bonchev–Trinajstić information content (AvgIpc) is 3.16. The molecule has 0 saturated carbocycles. The summed E-state index contributed by atoms with van der Waals surface area (Å²) in [6.45, 7) is 6.93. The summed E-state index contributed by atoms with van der Waals surface area (Å²) in [6, 6.07) is 15.2. The number of ether oxygens (including phenoxy) is 2. The summed E-state index contributed by atoms with van der Waals surface area (Å²) >= 11 is 1.35. The third-order valence-electron chi connectivity index (χ3n) is 4.41. The van der Waals surface area contributed by atoms with Crippen molar-refractivity contribution in [3.63, 3.8) is 0 Å². The molecular formula is C23H26N4O3S. The molecule has 7 nitrogen and oxygen atoms in total. The Morgan fingerprint density at radius 1 is 1.13 bits per heavy atom. The van der Waals surface area contributed by atoms with E-state index in [4.69, 9.17) is 9.47 Å². The SMILES string of the molecule is C=CCn1c(Cc2ccc(OC)cc2)nnc1SCC(=O)Nc1ccc(OCC)cc1. The topological polar surface area (TPSA) is 78.3 Å². The van der Waals surface area contributed by atoms with Crippen molar-refractivity contribution in [2.75, 3.05) is 24.8 Å². The highest BCUT2D eigenvalue weighted by atomic mass is 32.2. The fourth-order valence-electron chi connectivity index (χ4n) is 2.92. The van der Waals surface area contributed by atoms with E-state index in [0.29, 0.717) is 24.7 Å². The predicted octanol–water partition coefficient (Wildman–Crippen LogP) is 4.19. The number of amides is 1. The van der Waals surface area contributed by atoms with E-state index in [9.17, 15) is 4.79 Å². The van der Waals surface area contributed by atoms with E-state index in [2.05, 4.69) is 22.1 Å². The standard InChI is InChI=1S/C23H26N4O3S/c1-4-14-27-21(15-17-6-10-19(29-3)11-7-17)25-26-23(27)31-16-22(28)24-18-8-12-20(13-9-18)30-5-2/h4,6-13H,1,5,14-16H2,2-3H3,(H,24,28). The molecule has 0 radical (unpaired) electrons. The Labute approximate surface area is 186 Å². The average molecular weight is 439 g/mol. The van der Waals surface area contributed by atoms with Gasteiger partial charge in [0, 0.05) is 18.7 Å². The monoisotopic (exact) mass is 438 g/mol. The first-order valence-electron chi connectivity index (χ1n) is 9.94. The maximum absolute atomic E-state index is 12.4. The minimum absolute atomic E-state index is 0.112. The molecule has 0 unspecified atom stereocenters. The molecule has 0 aliphatic carbocycles. The lowest BCUT2D eigenvalue weighted by Gasteiger charge is -2.09. The molecule has 0 aliphatic heterocycles. The number of anilines is 1. The van der Waals surface area contributed by atoms with Crippen molar-refractivity contribution in [2.24, 2.45) is 0 Å². The first-order valence-corrected chi connectivity index (χ1v) is 10.9. The molecule has 3 aromatic rings. The van der Waals surface area contributed by atoms with Crippen LogP contribution < -0.4 is 14.8 Å². The van der Waals surface area contributed by atoms with Crippen LogP contribution in [0.2, 0.25) is 0 Å². The Morgan fingerprint density at radius 2 is 1.84 bits per heavy atom. The molecule has 1 aromatic heterocycles. The summed E-state index contributed by atoms with van der Waals surface area (Å²) in [4.78, 5) is 12.4. The fourth-order valence-corrected chi connectivity index (χ4v) is 3.69. The zero-order valence-corrected chi connectivity index (χ0v) is 18.5. The fraction of sp³-hybridized carbons (Fsp3) is 0.261. The first kappa shape index (κ1) is 22.4. The van der Waals surface area contributed by atoms with Crippen LogP contribution in [0, 0.1) is 0 Å². The molecule has 0 fully saturated rings. The quantitative estimate of drug-likeness (QED) is 0.357. The number of aromatic nitrogens is 3. The largest absolute Gasteiger partial charge is 0.497 e. The highest BCUT2D eigenvalue weighted by molar-refractivity contribution is 7.99. The van der Waals surface area contributed by atoms with Gasteiger partial charge in [0.2, 0.25) is 5.91 Å². The van der Waals surface area contributed by atoms with Gasteiger partial charge >= 0.3 is 0 Å². The van der Waals surface area contributed by atoms with Gasteiger partial charge in [-0.2, -0.15) is 0 Å². The van der Waals surface area contributed by atoms with Gasteiger partial charge in [-0.25, -0.2) is 0 Å². The lowest BCUT2D eigenvalue weighted by molar-refractivity contribution is -0.113. The number of carbonyl (C=O) groups is 1. The van der Waals surface area contributed by atoms with Gasteiger partial charge in [0.25, 0.3) is 0 Å². The van der Waals surface area contributed by atoms with Crippen LogP contribution in [0.1, 0.15) is 18.3 Å². The summed E-state index contributed by atoms with van der Waals surface area (Å²) in [5.74, 6) is 2.52. The molecule has 0 atom stereocenters. The zero-order chi connectivity index (χ0) is 22.1. The number of nitrogens with one attached hydrogen (secondary N) is 1. The summed E-state index contributed by atoms with van der Waals surface area (Å²) < 4.78 is 12.6. The highest BCUT2D eigenvalue weighted by Crippen LogP contribution is 2.21. The second-order valence-electron chi connectivity index (χ2n) is 6.62. The van der Waals surface area contributed by atoms with E-state index < -0.39 is 0 Å². The van der Waals surface area contributed by atoms with Crippen molar-refractivity contribution in [2.45, 2.75) is 25.0 Å². The molecule has 2 aromatic carbocycles. The van der Waals surface area contributed by atoms with Gasteiger partial charge in [-0.1, -0.05) is 30.0 Å². The molecule has 0 saturated heterocycles. The number of hydrogen-bond acceptors (Lipinski definition) is 6. The van der Waals surface area contributed by atoms with Gasteiger partial charge in [-0.15, -0.1) is 16.8 Å². The van der Waals surface area contributed by atoms with Crippen LogP contribution in [0.4, 0.5) is 5.69 Å². The zero-order valence-electron chi connectivity index (χ0n) is 17.7. The van der Waals surface area contributed by atoms with Crippen molar-refractivity contribution in [3.8, 4) is 11.5 Å². The summed E-state index contributed by atoms with van der Waals surface area (Å²) in [7, 11) is 1.64. The van der Waals surface area contributed by atoms with E-state index in [1.54, 1.807) is 13.2 Å². The minimum atomic E-state index is -0.112. The van der Waals surface area contributed by atoms with Crippen molar-refractivity contribution >= 4 is 23.4 Å². The maximum Gasteiger partial charge on any atom is 0.234 e. The summed E-state index contributed by atoms with van der Waals surface area (Å²) in [5, 5.41) is 12.2. The maximum atomic E-state index is 12.4. The van der Waals surface area contributed by atoms with Crippen LogP contribution in [0.5, 0.6) is 11.5 Å². The molecular weight excluding hydrogens is 412 g/mol. The number of thioether (sulfide) groups is 1. The van der Waals surface area contributed by atoms with Crippen molar-refractivity contribution in [1.29, 1.82) is 0 Å². The Bertz CT molecular complexity index is 1000. The van der Waals surface area contributed by atoms with Crippen molar-refractivity contribution in [3.05, 3.63) is 72.6 Å². The highest BCUT2D eigenvalue weighted by Gasteiger charge is 2.14. The molecule has 31 heavy (non-hydrogen) atoms. The molecule has 1 N–H and O–H groups in total. The Hall–Kier alpha value is -3.26. The van der Waals surface area contributed by atoms with Crippen LogP contribution in [0.25, 0.3) is 0 Å². The van der Waals surface area contributed by atoms with E-state index in [0.717, 1.165) is 28.6 Å². The molecule has 8 heteroatoms. The Kier molecular flexibility index (Phi) is 8.12. The first-order chi connectivity index (χ1) is 15.1. The number of methoxy groups -OCH3 is 1. The van der Waals surface area contributed by atoms with Gasteiger partial charge in [0.05, 0.1) is 19.5 Å². The van der Waals surface area contributed by atoms with Crippen LogP contribution in [-0.2, 0) is 17.8 Å². The van der Waals surface area contributed by atoms with Crippen LogP contribution in [0.3, 0.4) is 0 Å². The van der Waals surface area contributed by atoms with E-state index in [-0.39, 0.29) is 11.7 Å². The van der Waals surface area contributed by atoms with Gasteiger partial charge in [-0.05, 0) is 48.9 Å². The van der Waals surface area contributed by atoms with Crippen LogP contribution in [-0.4, -0.2) is 40.1 Å². The van der Waals surface area contributed by atoms with E-state index >= 15 is 0 Å². The molecule has 1 heterocycles. The number of hydrogen-bond donors (Lipinski definition) is 1. The Morgan fingerprint density at radius 3 is 2.48 bits per heavy atom. The molecule has 3 rings (SSSR count). The number of carbonyl (C=O) groups excluding carboxylic acids is 1. The van der Waals surface area contributed by atoms with Gasteiger partial charge in [0.15, 0.2) is 5.16 Å². The van der Waals surface area contributed by atoms with Crippen molar-refractivity contribution in [1.82, 2.24) is 14.8 Å². The normalized spacial score (nSPS) is 10.5. The van der Waals surface area contributed by atoms with Crippen LogP contribution >= 0.6 is 11.8 Å². The molecule has 0 aliphatic rings. The van der Waals surface area contributed by atoms with E-state index in [1.807, 2.05) is 60.0 Å². The third-order valence-corrected chi connectivity index (χ3v) is 5.37. The van der Waals surface area contributed by atoms with Crippen LogP contribution in [0.15, 0.2) is 66.3 Å².